The minimum absolute atomic E-state index is 0.000251. The highest BCUT2D eigenvalue weighted by Gasteiger charge is 2.28. The lowest BCUT2D eigenvalue weighted by Crippen LogP contribution is -2.50. The second-order valence-electron chi connectivity index (χ2n) is 4.90. The van der Waals surface area contributed by atoms with Gasteiger partial charge in [0.2, 0.25) is 0 Å². The molecule has 0 heterocycles. The summed E-state index contributed by atoms with van der Waals surface area (Å²) in [6.45, 7) is 6.02. The third-order valence-electron chi connectivity index (χ3n) is 3.09. The first-order valence-electron chi connectivity index (χ1n) is 5.57. The number of amides is 1. The number of hydrogen-bond acceptors (Lipinski definition) is 3. The molecule has 0 radical (unpaired) electrons. The first-order valence-corrected chi connectivity index (χ1v) is 5.57. The summed E-state index contributed by atoms with van der Waals surface area (Å²) in [5.74, 6) is -0.220. The molecule has 0 atom stereocenters. The Bertz CT molecular complexity index is 427. The minimum atomic E-state index is -0.437. The molecule has 94 valence electrons. The van der Waals surface area contributed by atoms with Gasteiger partial charge in [-0.1, -0.05) is 11.6 Å². The van der Waals surface area contributed by atoms with Gasteiger partial charge in [0, 0.05) is 19.1 Å². The Morgan fingerprint density at radius 3 is 2.59 bits per heavy atom. The van der Waals surface area contributed by atoms with Gasteiger partial charge in [0.25, 0.3) is 5.91 Å². The van der Waals surface area contributed by atoms with Crippen molar-refractivity contribution in [3.8, 4) is 5.75 Å². The number of rotatable bonds is 3. The van der Waals surface area contributed by atoms with Gasteiger partial charge in [-0.05, 0) is 32.9 Å². The molecule has 0 aromatic heterocycles. The van der Waals surface area contributed by atoms with Crippen LogP contribution in [0.2, 0.25) is 0 Å². The molecule has 0 aliphatic heterocycles. The predicted molar refractivity (Wildman–Crippen MR) is 68.1 cm³/mol. The smallest absolute Gasteiger partial charge is 0.257 e. The van der Waals surface area contributed by atoms with Crippen molar-refractivity contribution in [2.75, 3.05) is 13.6 Å². The van der Waals surface area contributed by atoms with E-state index in [1.807, 2.05) is 20.8 Å². The van der Waals surface area contributed by atoms with Crippen LogP contribution in [0.5, 0.6) is 5.75 Å². The van der Waals surface area contributed by atoms with Crippen LogP contribution in [0.25, 0.3) is 0 Å². The molecule has 4 heteroatoms. The van der Waals surface area contributed by atoms with Crippen molar-refractivity contribution < 1.29 is 9.90 Å². The Morgan fingerprint density at radius 2 is 2.06 bits per heavy atom. The Balaban J connectivity index is 3.08. The molecule has 3 N–H and O–H groups in total. The van der Waals surface area contributed by atoms with Crippen LogP contribution in [0.4, 0.5) is 0 Å². The van der Waals surface area contributed by atoms with E-state index in [-0.39, 0.29) is 11.7 Å². The van der Waals surface area contributed by atoms with Crippen LogP contribution < -0.4 is 5.73 Å². The third-order valence-corrected chi connectivity index (χ3v) is 3.09. The number of nitrogens with two attached hydrogens (primary N) is 1. The van der Waals surface area contributed by atoms with E-state index in [1.54, 1.807) is 24.1 Å². The average molecular weight is 236 g/mol. The number of benzene rings is 1. The van der Waals surface area contributed by atoms with Crippen LogP contribution in [0, 0.1) is 6.92 Å². The molecule has 0 spiro atoms. The first-order chi connectivity index (χ1) is 7.79. The summed E-state index contributed by atoms with van der Waals surface area (Å²) >= 11 is 0. The van der Waals surface area contributed by atoms with Crippen LogP contribution >= 0.6 is 0 Å². The summed E-state index contributed by atoms with van der Waals surface area (Å²) < 4.78 is 0. The monoisotopic (exact) mass is 236 g/mol. The van der Waals surface area contributed by atoms with Gasteiger partial charge in [-0.15, -0.1) is 0 Å². The standard InChI is InChI=1S/C13H20N2O2/c1-9-5-6-11(16)10(7-9)12(17)15(4)13(2,3)8-14/h5-7,16H,8,14H2,1-4H3. The van der Waals surface area contributed by atoms with E-state index in [0.29, 0.717) is 12.1 Å². The summed E-state index contributed by atoms with van der Waals surface area (Å²) in [5.41, 5.74) is 6.45. The Kier molecular flexibility index (Phi) is 3.78. The lowest BCUT2D eigenvalue weighted by Gasteiger charge is -2.34. The van der Waals surface area contributed by atoms with Crippen molar-refractivity contribution in [1.82, 2.24) is 4.90 Å². The number of aromatic hydroxyl groups is 1. The van der Waals surface area contributed by atoms with Crippen molar-refractivity contribution in [2.45, 2.75) is 26.3 Å². The fourth-order valence-electron chi connectivity index (χ4n) is 1.41. The maximum Gasteiger partial charge on any atom is 0.257 e. The van der Waals surface area contributed by atoms with Crippen LogP contribution in [0.3, 0.4) is 0 Å². The van der Waals surface area contributed by atoms with Crippen LogP contribution in [-0.2, 0) is 0 Å². The van der Waals surface area contributed by atoms with E-state index in [9.17, 15) is 9.90 Å². The van der Waals surface area contributed by atoms with Crippen LogP contribution in [-0.4, -0.2) is 35.0 Å². The Hall–Kier alpha value is -1.55. The number of phenols is 1. The zero-order valence-corrected chi connectivity index (χ0v) is 10.8. The molecule has 1 aromatic carbocycles. The second-order valence-corrected chi connectivity index (χ2v) is 4.90. The zero-order chi connectivity index (χ0) is 13.2. The van der Waals surface area contributed by atoms with Gasteiger partial charge >= 0.3 is 0 Å². The largest absolute Gasteiger partial charge is 0.507 e. The molecule has 0 aliphatic rings. The molecule has 1 amide bonds. The highest BCUT2D eigenvalue weighted by Crippen LogP contribution is 2.22. The number of likely N-dealkylation sites (N-methyl/N-ethyl adjacent to an activating group) is 1. The van der Waals surface area contributed by atoms with Crippen molar-refractivity contribution in [2.24, 2.45) is 5.73 Å². The zero-order valence-electron chi connectivity index (χ0n) is 10.8. The molecule has 1 aromatic rings. The maximum absolute atomic E-state index is 12.2. The van der Waals surface area contributed by atoms with Gasteiger partial charge in [0.1, 0.15) is 5.75 Å². The fraction of sp³-hybridized carbons (Fsp3) is 0.462. The quantitative estimate of drug-likeness (QED) is 0.836. The van der Waals surface area contributed by atoms with Gasteiger partial charge in [-0.25, -0.2) is 0 Å². The normalized spacial score (nSPS) is 11.4. The molecular formula is C13H20N2O2. The number of aryl methyl sites for hydroxylation is 1. The summed E-state index contributed by atoms with van der Waals surface area (Å²) in [6, 6.07) is 4.98. The third kappa shape index (κ3) is 2.77. The van der Waals surface area contributed by atoms with Crippen molar-refractivity contribution in [3.05, 3.63) is 29.3 Å². The number of phenolic OH excluding ortho intramolecular Hbond substituents is 1. The van der Waals surface area contributed by atoms with E-state index in [0.717, 1.165) is 5.56 Å². The van der Waals surface area contributed by atoms with E-state index in [2.05, 4.69) is 0 Å². The van der Waals surface area contributed by atoms with Gasteiger partial charge in [-0.3, -0.25) is 4.79 Å². The van der Waals surface area contributed by atoms with Crippen LogP contribution in [0.15, 0.2) is 18.2 Å². The van der Waals surface area contributed by atoms with E-state index >= 15 is 0 Å². The van der Waals surface area contributed by atoms with Gasteiger partial charge < -0.3 is 15.7 Å². The molecule has 0 saturated carbocycles. The molecule has 0 bridgehead atoms. The van der Waals surface area contributed by atoms with Crippen molar-refractivity contribution in [3.63, 3.8) is 0 Å². The van der Waals surface area contributed by atoms with Crippen LogP contribution in [0.1, 0.15) is 29.8 Å². The molecule has 0 fully saturated rings. The molecule has 0 aliphatic carbocycles. The Labute approximate surface area is 102 Å². The number of carbonyl (C=O) groups is 1. The van der Waals surface area contributed by atoms with Crippen molar-refractivity contribution in [1.29, 1.82) is 0 Å². The highest BCUT2D eigenvalue weighted by atomic mass is 16.3. The summed E-state index contributed by atoms with van der Waals surface area (Å²) in [6.07, 6.45) is 0. The number of carbonyl (C=O) groups excluding carboxylic acids is 1. The maximum atomic E-state index is 12.2. The summed E-state index contributed by atoms with van der Waals surface area (Å²) in [7, 11) is 1.69. The van der Waals surface area contributed by atoms with Gasteiger partial charge in [-0.2, -0.15) is 0 Å². The minimum Gasteiger partial charge on any atom is -0.507 e. The first kappa shape index (κ1) is 13.5. The SMILES string of the molecule is Cc1ccc(O)c(C(=O)N(C)C(C)(C)CN)c1. The van der Waals surface area contributed by atoms with Crippen molar-refractivity contribution >= 4 is 5.91 Å². The molecule has 0 unspecified atom stereocenters. The summed E-state index contributed by atoms with van der Waals surface area (Å²) in [4.78, 5) is 13.8. The lowest BCUT2D eigenvalue weighted by molar-refractivity contribution is 0.0637. The highest BCUT2D eigenvalue weighted by molar-refractivity contribution is 5.97. The number of nitrogens with zero attached hydrogens (tertiary/aromatic N) is 1. The molecule has 17 heavy (non-hydrogen) atoms. The second kappa shape index (κ2) is 4.75. The van der Waals surface area contributed by atoms with Gasteiger partial charge in [0.05, 0.1) is 5.56 Å². The molecule has 0 saturated heterocycles. The molecule has 1 rings (SSSR count). The lowest BCUT2D eigenvalue weighted by atomic mass is 10.0. The van der Waals surface area contributed by atoms with E-state index < -0.39 is 5.54 Å². The Morgan fingerprint density at radius 1 is 1.47 bits per heavy atom. The predicted octanol–water partition coefficient (Wildman–Crippen LogP) is 1.51. The number of hydrogen-bond donors (Lipinski definition) is 2. The molecular weight excluding hydrogens is 216 g/mol. The topological polar surface area (TPSA) is 66.6 Å². The average Bonchev–Trinajstić information content (AvgIpc) is 2.30. The van der Waals surface area contributed by atoms with Gasteiger partial charge in [0.15, 0.2) is 0 Å². The fourth-order valence-corrected chi connectivity index (χ4v) is 1.41. The molecule has 4 nitrogen and oxygen atoms in total. The van der Waals surface area contributed by atoms with E-state index in [4.69, 9.17) is 5.73 Å². The van der Waals surface area contributed by atoms with E-state index in [1.165, 1.54) is 6.07 Å². The summed E-state index contributed by atoms with van der Waals surface area (Å²) in [5, 5.41) is 9.71.